The average Bonchev–Trinajstić information content (AvgIpc) is 2.69. The summed E-state index contributed by atoms with van der Waals surface area (Å²) in [7, 11) is -3.73. The molecule has 1 aromatic heterocycles. The SMILES string of the molecule is NS(=O)(=O)c1ccc(NC(=O)c2cc(Br)c(Br)[nH]2)cc1. The molecule has 106 valence electrons. The van der Waals surface area contributed by atoms with Gasteiger partial charge in [-0.3, -0.25) is 4.79 Å². The Morgan fingerprint density at radius 1 is 1.20 bits per heavy atom. The Morgan fingerprint density at radius 3 is 2.25 bits per heavy atom. The molecular weight excluding hydrogens is 414 g/mol. The van der Waals surface area contributed by atoms with E-state index >= 15 is 0 Å². The molecule has 6 nitrogen and oxygen atoms in total. The van der Waals surface area contributed by atoms with Gasteiger partial charge in [-0.25, -0.2) is 13.6 Å². The molecule has 4 N–H and O–H groups in total. The Balaban J connectivity index is 2.16. The highest BCUT2D eigenvalue weighted by atomic mass is 79.9. The first kappa shape index (κ1) is 15.2. The lowest BCUT2D eigenvalue weighted by atomic mass is 10.3. The fourth-order valence-corrected chi connectivity index (χ4v) is 2.62. The van der Waals surface area contributed by atoms with Crippen LogP contribution in [0.1, 0.15) is 10.5 Å². The molecule has 0 fully saturated rings. The van der Waals surface area contributed by atoms with Crippen molar-refractivity contribution in [1.29, 1.82) is 0 Å². The number of sulfonamides is 1. The van der Waals surface area contributed by atoms with Crippen LogP contribution in [0.3, 0.4) is 0 Å². The van der Waals surface area contributed by atoms with Crippen molar-refractivity contribution in [2.75, 3.05) is 5.32 Å². The predicted octanol–water partition coefficient (Wildman–Crippen LogP) is 2.44. The van der Waals surface area contributed by atoms with E-state index in [1.165, 1.54) is 24.3 Å². The van der Waals surface area contributed by atoms with Gasteiger partial charge in [0.15, 0.2) is 0 Å². The van der Waals surface area contributed by atoms with Crippen LogP contribution in [0.15, 0.2) is 44.3 Å². The number of carbonyl (C=O) groups is 1. The van der Waals surface area contributed by atoms with Gasteiger partial charge >= 0.3 is 0 Å². The number of carbonyl (C=O) groups excluding carboxylic acids is 1. The number of hydrogen-bond acceptors (Lipinski definition) is 3. The highest BCUT2D eigenvalue weighted by molar-refractivity contribution is 9.13. The van der Waals surface area contributed by atoms with Gasteiger partial charge in [0.1, 0.15) is 5.69 Å². The van der Waals surface area contributed by atoms with Gasteiger partial charge in [-0.1, -0.05) is 0 Å². The van der Waals surface area contributed by atoms with Crippen LogP contribution in [0.4, 0.5) is 5.69 Å². The summed E-state index contributed by atoms with van der Waals surface area (Å²) in [4.78, 5) is 14.8. The van der Waals surface area contributed by atoms with Crippen molar-refractivity contribution in [3.8, 4) is 0 Å². The molecule has 1 aromatic carbocycles. The Kier molecular flexibility index (Phi) is 4.33. The van der Waals surface area contributed by atoms with E-state index in [1.54, 1.807) is 6.07 Å². The summed E-state index contributed by atoms with van der Waals surface area (Å²) in [6.45, 7) is 0. The molecule has 0 aliphatic carbocycles. The van der Waals surface area contributed by atoms with E-state index in [0.717, 1.165) is 4.47 Å². The summed E-state index contributed by atoms with van der Waals surface area (Å²) in [6.07, 6.45) is 0. The number of primary sulfonamides is 1. The van der Waals surface area contributed by atoms with Crippen molar-refractivity contribution < 1.29 is 13.2 Å². The minimum absolute atomic E-state index is 0.0131. The average molecular weight is 423 g/mol. The number of nitrogens with one attached hydrogen (secondary N) is 2. The third kappa shape index (κ3) is 3.48. The van der Waals surface area contributed by atoms with E-state index in [1.807, 2.05) is 0 Å². The lowest BCUT2D eigenvalue weighted by Gasteiger charge is -2.04. The second-order valence-corrected chi connectivity index (χ2v) is 7.08. The van der Waals surface area contributed by atoms with Crippen LogP contribution < -0.4 is 10.5 Å². The van der Waals surface area contributed by atoms with Crippen LogP contribution in [0.5, 0.6) is 0 Å². The largest absolute Gasteiger partial charge is 0.344 e. The maximum absolute atomic E-state index is 11.9. The van der Waals surface area contributed by atoms with Crippen molar-refractivity contribution in [3.63, 3.8) is 0 Å². The molecule has 1 heterocycles. The first-order chi connectivity index (χ1) is 9.27. The number of amides is 1. The lowest BCUT2D eigenvalue weighted by molar-refractivity contribution is 0.102. The summed E-state index contributed by atoms with van der Waals surface area (Å²) >= 11 is 6.50. The van der Waals surface area contributed by atoms with Crippen LogP contribution >= 0.6 is 31.9 Å². The van der Waals surface area contributed by atoms with Crippen molar-refractivity contribution in [1.82, 2.24) is 4.98 Å². The summed E-state index contributed by atoms with van der Waals surface area (Å²) in [5, 5.41) is 7.62. The number of H-pyrrole nitrogens is 1. The molecule has 0 atom stereocenters. The summed E-state index contributed by atoms with van der Waals surface area (Å²) < 4.78 is 23.6. The minimum Gasteiger partial charge on any atom is -0.344 e. The molecule has 0 unspecified atom stereocenters. The number of rotatable bonds is 3. The van der Waals surface area contributed by atoms with Gasteiger partial charge in [0.05, 0.1) is 14.0 Å². The number of nitrogens with two attached hydrogens (primary N) is 1. The van der Waals surface area contributed by atoms with E-state index in [2.05, 4.69) is 42.2 Å². The monoisotopic (exact) mass is 421 g/mol. The molecule has 0 saturated heterocycles. The molecule has 0 bridgehead atoms. The summed E-state index contributed by atoms with van der Waals surface area (Å²) in [5.74, 6) is -0.347. The fraction of sp³-hybridized carbons (Fsp3) is 0. The third-order valence-electron chi connectivity index (χ3n) is 2.41. The normalized spacial score (nSPS) is 11.3. The van der Waals surface area contributed by atoms with Crippen molar-refractivity contribution in [2.45, 2.75) is 4.90 Å². The highest BCUT2D eigenvalue weighted by Gasteiger charge is 2.12. The maximum Gasteiger partial charge on any atom is 0.272 e. The van der Waals surface area contributed by atoms with E-state index in [9.17, 15) is 13.2 Å². The fourth-order valence-electron chi connectivity index (χ4n) is 1.45. The van der Waals surface area contributed by atoms with E-state index in [-0.39, 0.29) is 10.8 Å². The smallest absolute Gasteiger partial charge is 0.272 e. The quantitative estimate of drug-likeness (QED) is 0.707. The highest BCUT2D eigenvalue weighted by Crippen LogP contribution is 2.23. The van der Waals surface area contributed by atoms with Crippen LogP contribution in [0.25, 0.3) is 0 Å². The number of anilines is 1. The number of aromatic amines is 1. The Hall–Kier alpha value is -1.16. The van der Waals surface area contributed by atoms with Gasteiger partial charge in [-0.2, -0.15) is 0 Å². The van der Waals surface area contributed by atoms with Gasteiger partial charge < -0.3 is 10.3 Å². The summed E-state index contributed by atoms with van der Waals surface area (Å²) in [6, 6.07) is 7.20. The molecule has 0 aliphatic rings. The second-order valence-electron chi connectivity index (χ2n) is 3.87. The first-order valence-electron chi connectivity index (χ1n) is 5.25. The van der Waals surface area contributed by atoms with E-state index < -0.39 is 10.0 Å². The third-order valence-corrected chi connectivity index (χ3v) is 5.12. The first-order valence-corrected chi connectivity index (χ1v) is 8.39. The summed E-state index contributed by atoms with van der Waals surface area (Å²) in [5.41, 5.74) is 0.823. The molecular formula is C11H9Br2N3O3S. The van der Waals surface area contributed by atoms with Gasteiger partial charge in [0.25, 0.3) is 5.91 Å². The zero-order chi connectivity index (χ0) is 14.9. The topological polar surface area (TPSA) is 105 Å². The lowest BCUT2D eigenvalue weighted by Crippen LogP contribution is -2.14. The number of benzene rings is 1. The van der Waals surface area contributed by atoms with Gasteiger partial charge in [-0.05, 0) is 62.2 Å². The maximum atomic E-state index is 11.9. The zero-order valence-corrected chi connectivity index (χ0v) is 13.8. The Bertz CT molecular complexity index is 734. The van der Waals surface area contributed by atoms with Gasteiger partial charge in [0.2, 0.25) is 10.0 Å². The molecule has 2 aromatic rings. The van der Waals surface area contributed by atoms with Crippen LogP contribution in [0, 0.1) is 0 Å². The molecule has 9 heteroatoms. The number of halogens is 2. The number of aromatic nitrogens is 1. The Labute approximate surface area is 132 Å². The van der Waals surface area contributed by atoms with E-state index in [0.29, 0.717) is 16.0 Å². The molecule has 0 aliphatic heterocycles. The van der Waals surface area contributed by atoms with Crippen LogP contribution in [-0.4, -0.2) is 19.3 Å². The number of hydrogen-bond donors (Lipinski definition) is 3. The molecule has 0 radical (unpaired) electrons. The van der Waals surface area contributed by atoms with Gasteiger partial charge in [0, 0.05) is 5.69 Å². The molecule has 0 saturated carbocycles. The molecule has 20 heavy (non-hydrogen) atoms. The zero-order valence-electron chi connectivity index (χ0n) is 9.85. The second kappa shape index (κ2) is 5.68. The minimum atomic E-state index is -3.73. The molecule has 2 rings (SSSR count). The van der Waals surface area contributed by atoms with Crippen LogP contribution in [0.2, 0.25) is 0 Å². The molecule has 1 amide bonds. The Morgan fingerprint density at radius 2 is 1.80 bits per heavy atom. The molecule has 0 spiro atoms. The standard InChI is InChI=1S/C11H9Br2N3O3S/c12-8-5-9(16-10(8)13)11(17)15-6-1-3-7(4-2-6)20(14,18)19/h1-5,16H,(H,15,17)(H2,14,18,19). The van der Waals surface area contributed by atoms with Gasteiger partial charge in [-0.15, -0.1) is 0 Å². The van der Waals surface area contributed by atoms with Crippen molar-refractivity contribution in [3.05, 3.63) is 45.1 Å². The van der Waals surface area contributed by atoms with Crippen molar-refractivity contribution >= 4 is 53.5 Å². The predicted molar refractivity (Wildman–Crippen MR) is 82.0 cm³/mol. The van der Waals surface area contributed by atoms with Crippen molar-refractivity contribution in [2.24, 2.45) is 5.14 Å². The van der Waals surface area contributed by atoms with E-state index in [4.69, 9.17) is 5.14 Å². The van der Waals surface area contributed by atoms with Crippen LogP contribution in [-0.2, 0) is 10.0 Å².